The predicted octanol–water partition coefficient (Wildman–Crippen LogP) is 3.40. The molecule has 0 aromatic rings. The Morgan fingerprint density at radius 2 is 2.00 bits per heavy atom. The van der Waals surface area contributed by atoms with Crippen molar-refractivity contribution in [3.63, 3.8) is 0 Å². The van der Waals surface area contributed by atoms with Crippen LogP contribution < -0.4 is 0 Å². The highest BCUT2D eigenvalue weighted by Crippen LogP contribution is 2.64. The molecule has 2 aliphatic rings. The molecule has 0 aromatic heterocycles. The van der Waals surface area contributed by atoms with Crippen LogP contribution in [0.4, 0.5) is 0 Å². The van der Waals surface area contributed by atoms with Crippen molar-refractivity contribution >= 4 is 17.7 Å². The minimum Gasteiger partial charge on any atom is -0.469 e. The maximum Gasteiger partial charge on any atom is 0.331 e. The molecule has 2 saturated carbocycles. The fourth-order valence-corrected chi connectivity index (χ4v) is 4.39. The topological polar surface area (TPSA) is 65.0 Å². The fourth-order valence-electron chi connectivity index (χ4n) is 4.39. The molecule has 2 aliphatic carbocycles. The summed E-state index contributed by atoms with van der Waals surface area (Å²) in [6, 6.07) is -0.633. The Balaban J connectivity index is 2.28. The quantitative estimate of drug-likeness (QED) is 0.697. The zero-order chi connectivity index (χ0) is 18.1. The van der Waals surface area contributed by atoms with Crippen LogP contribution in [0.3, 0.4) is 0 Å². The number of fused-ring (bicyclic) bond motifs is 2. The van der Waals surface area contributed by atoms with Crippen LogP contribution >= 0.6 is 0 Å². The van der Waals surface area contributed by atoms with Crippen LogP contribution in [0.2, 0.25) is 0 Å². The molecule has 0 saturated heterocycles. The van der Waals surface area contributed by atoms with Gasteiger partial charge >= 0.3 is 11.9 Å². The van der Waals surface area contributed by atoms with E-state index in [0.717, 1.165) is 18.6 Å². The maximum absolute atomic E-state index is 12.4. The van der Waals surface area contributed by atoms with Crippen LogP contribution in [0.15, 0.2) is 4.99 Å². The Morgan fingerprint density at radius 3 is 2.46 bits per heavy atom. The largest absolute Gasteiger partial charge is 0.469 e. The van der Waals surface area contributed by atoms with Crippen LogP contribution in [-0.2, 0) is 19.1 Å². The van der Waals surface area contributed by atoms with E-state index >= 15 is 0 Å². The Kier molecular flexibility index (Phi) is 5.41. The molecule has 136 valence electrons. The number of ether oxygens (including phenoxy) is 2. The van der Waals surface area contributed by atoms with E-state index in [1.54, 1.807) is 6.92 Å². The summed E-state index contributed by atoms with van der Waals surface area (Å²) in [5, 5.41) is 0. The zero-order valence-electron chi connectivity index (χ0n) is 15.8. The molecule has 5 heteroatoms. The molecule has 2 rings (SSSR count). The molecule has 24 heavy (non-hydrogen) atoms. The average Bonchev–Trinajstić information content (AvgIpc) is 2.85. The second-order valence-electron chi connectivity index (χ2n) is 8.02. The normalized spacial score (nSPS) is 31.8. The lowest BCUT2D eigenvalue weighted by atomic mass is 9.70. The Morgan fingerprint density at radius 1 is 1.33 bits per heavy atom. The molecular formula is C19H31NO4. The van der Waals surface area contributed by atoms with Crippen LogP contribution in [0, 0.1) is 22.7 Å². The van der Waals surface area contributed by atoms with E-state index in [-0.39, 0.29) is 35.1 Å². The number of methoxy groups -OCH3 is 1. The molecule has 2 fully saturated rings. The number of nitrogens with zero attached hydrogens (tertiary/aromatic N) is 1. The van der Waals surface area contributed by atoms with E-state index in [0.29, 0.717) is 12.5 Å². The van der Waals surface area contributed by atoms with Gasteiger partial charge in [0.1, 0.15) is 0 Å². The highest BCUT2D eigenvalue weighted by molar-refractivity contribution is 5.96. The summed E-state index contributed by atoms with van der Waals surface area (Å²) in [4.78, 5) is 28.9. The van der Waals surface area contributed by atoms with Crippen LogP contribution in [0.5, 0.6) is 0 Å². The Bertz CT molecular complexity index is 539. The highest BCUT2D eigenvalue weighted by Gasteiger charge is 2.60. The maximum atomic E-state index is 12.4. The van der Waals surface area contributed by atoms with Gasteiger partial charge in [0, 0.05) is 11.1 Å². The van der Waals surface area contributed by atoms with Gasteiger partial charge in [-0.1, -0.05) is 27.7 Å². The third-order valence-corrected chi connectivity index (χ3v) is 6.59. The van der Waals surface area contributed by atoms with Gasteiger partial charge in [-0.25, -0.2) is 4.79 Å². The lowest BCUT2D eigenvalue weighted by Gasteiger charge is -2.35. The molecule has 4 atom stereocenters. The molecule has 0 spiro atoms. The molecule has 5 nitrogen and oxygen atoms in total. The predicted molar refractivity (Wildman–Crippen MR) is 92.9 cm³/mol. The van der Waals surface area contributed by atoms with Crippen LogP contribution in [0.25, 0.3) is 0 Å². The van der Waals surface area contributed by atoms with E-state index in [1.807, 2.05) is 6.92 Å². The summed E-state index contributed by atoms with van der Waals surface area (Å²) >= 11 is 0. The Hall–Kier alpha value is -1.39. The smallest absolute Gasteiger partial charge is 0.331 e. The SMILES string of the molecule is CCOC(=O)[C@@H](N=C1C[C@H]2CC[C@]1(C)C2(C)C)[C@@H](C)CC(=O)OC. The van der Waals surface area contributed by atoms with Gasteiger partial charge in [0.15, 0.2) is 6.04 Å². The first kappa shape index (κ1) is 18.9. The summed E-state index contributed by atoms with van der Waals surface area (Å²) in [5.74, 6) is -0.281. The minimum absolute atomic E-state index is 0.0351. The summed E-state index contributed by atoms with van der Waals surface area (Å²) in [6.45, 7) is 10.9. The number of hydrogen-bond acceptors (Lipinski definition) is 5. The van der Waals surface area contributed by atoms with Crippen molar-refractivity contribution in [1.82, 2.24) is 0 Å². The first-order valence-electron chi connectivity index (χ1n) is 8.98. The van der Waals surface area contributed by atoms with Crippen molar-refractivity contribution in [2.45, 2.75) is 66.3 Å². The van der Waals surface area contributed by atoms with E-state index in [9.17, 15) is 9.59 Å². The number of aliphatic imine (C=N–C) groups is 1. The second-order valence-corrected chi connectivity index (χ2v) is 8.02. The fraction of sp³-hybridized carbons (Fsp3) is 0.842. The minimum atomic E-state index is -0.633. The van der Waals surface area contributed by atoms with Gasteiger partial charge in [-0.15, -0.1) is 0 Å². The third-order valence-electron chi connectivity index (χ3n) is 6.59. The van der Waals surface area contributed by atoms with Crippen molar-refractivity contribution in [2.75, 3.05) is 13.7 Å². The summed E-state index contributed by atoms with van der Waals surface area (Å²) in [5.41, 5.74) is 1.36. The molecule has 0 amide bonds. The Labute approximate surface area is 145 Å². The molecule has 0 unspecified atom stereocenters. The van der Waals surface area contributed by atoms with Gasteiger partial charge in [0.25, 0.3) is 0 Å². The van der Waals surface area contributed by atoms with Gasteiger partial charge in [0.05, 0.1) is 20.1 Å². The number of rotatable bonds is 6. The van der Waals surface area contributed by atoms with E-state index in [4.69, 9.17) is 14.5 Å². The zero-order valence-corrected chi connectivity index (χ0v) is 15.8. The van der Waals surface area contributed by atoms with E-state index in [1.165, 1.54) is 13.5 Å². The highest BCUT2D eigenvalue weighted by atomic mass is 16.5. The molecule has 0 N–H and O–H groups in total. The van der Waals surface area contributed by atoms with E-state index < -0.39 is 6.04 Å². The average molecular weight is 337 g/mol. The van der Waals surface area contributed by atoms with Crippen LogP contribution in [0.1, 0.15) is 60.3 Å². The third kappa shape index (κ3) is 3.09. The summed E-state index contributed by atoms with van der Waals surface area (Å²) in [7, 11) is 1.36. The number of hydrogen-bond donors (Lipinski definition) is 0. The van der Waals surface area contributed by atoms with E-state index in [2.05, 4.69) is 20.8 Å². The van der Waals surface area contributed by atoms with Gasteiger partial charge in [-0.2, -0.15) is 0 Å². The number of carbonyl (C=O) groups is 2. The molecule has 2 bridgehead atoms. The summed E-state index contributed by atoms with van der Waals surface area (Å²) < 4.78 is 9.96. The van der Waals surface area contributed by atoms with Gasteiger partial charge in [-0.3, -0.25) is 9.79 Å². The number of esters is 2. The monoisotopic (exact) mass is 337 g/mol. The first-order chi connectivity index (χ1) is 11.2. The molecular weight excluding hydrogens is 306 g/mol. The van der Waals surface area contributed by atoms with Gasteiger partial charge in [0.2, 0.25) is 0 Å². The standard InChI is InChI=1S/C19H31NO4/c1-7-24-17(22)16(12(2)10-15(21)23-6)20-14-11-13-8-9-19(14,5)18(13,3)4/h12-13,16H,7-11H2,1-6H3/t12-,13+,16-,19-/m0/s1. The van der Waals surface area contributed by atoms with Crippen molar-refractivity contribution in [2.24, 2.45) is 27.7 Å². The molecule has 0 aliphatic heterocycles. The summed E-state index contributed by atoms with van der Waals surface area (Å²) in [6.07, 6.45) is 3.46. The van der Waals surface area contributed by atoms with Crippen LogP contribution in [-0.4, -0.2) is 37.4 Å². The molecule has 0 heterocycles. The van der Waals surface area contributed by atoms with Crippen molar-refractivity contribution in [3.8, 4) is 0 Å². The second kappa shape index (κ2) is 6.85. The molecule has 0 aromatic carbocycles. The number of carbonyl (C=O) groups excluding carboxylic acids is 2. The molecule has 0 radical (unpaired) electrons. The van der Waals surface area contributed by atoms with Crippen molar-refractivity contribution in [1.29, 1.82) is 0 Å². The lowest BCUT2D eigenvalue weighted by molar-refractivity contribution is -0.147. The lowest BCUT2D eigenvalue weighted by Crippen LogP contribution is -2.36. The van der Waals surface area contributed by atoms with Crippen molar-refractivity contribution in [3.05, 3.63) is 0 Å². The van der Waals surface area contributed by atoms with Gasteiger partial charge in [-0.05, 0) is 43.4 Å². The first-order valence-corrected chi connectivity index (χ1v) is 8.98. The van der Waals surface area contributed by atoms with Crippen molar-refractivity contribution < 1.29 is 19.1 Å². The van der Waals surface area contributed by atoms with Gasteiger partial charge < -0.3 is 9.47 Å².